The van der Waals surface area contributed by atoms with Gasteiger partial charge in [-0.25, -0.2) is 0 Å². The number of methoxy groups -OCH3 is 1. The van der Waals surface area contributed by atoms with E-state index in [1.807, 2.05) is 29.2 Å². The highest BCUT2D eigenvalue weighted by Gasteiger charge is 2.22. The highest BCUT2D eigenvalue weighted by molar-refractivity contribution is 5.94. The summed E-state index contributed by atoms with van der Waals surface area (Å²) in [7, 11) is 1.64. The Labute approximate surface area is 184 Å². The number of ether oxygens (including phenoxy) is 2. The van der Waals surface area contributed by atoms with Gasteiger partial charge < -0.3 is 14.4 Å². The molecule has 0 saturated heterocycles. The fourth-order valence-corrected chi connectivity index (χ4v) is 4.18. The Balaban J connectivity index is 1.54. The summed E-state index contributed by atoms with van der Waals surface area (Å²) in [6.45, 7) is 7.94. The van der Waals surface area contributed by atoms with Gasteiger partial charge in [0.1, 0.15) is 18.1 Å². The summed E-state index contributed by atoms with van der Waals surface area (Å²) in [6.07, 6.45) is 0.889. The number of fused-ring (bicyclic) bond motifs is 1. The van der Waals surface area contributed by atoms with Crippen LogP contribution in [0.15, 0.2) is 54.6 Å². The fraction of sp³-hybridized carbons (Fsp3) is 0.296. The van der Waals surface area contributed by atoms with E-state index in [-0.39, 0.29) is 5.91 Å². The first-order valence-electron chi connectivity index (χ1n) is 10.7. The van der Waals surface area contributed by atoms with E-state index < -0.39 is 0 Å². The van der Waals surface area contributed by atoms with E-state index in [0.29, 0.717) is 18.7 Å². The van der Waals surface area contributed by atoms with Gasteiger partial charge in [0.15, 0.2) is 0 Å². The smallest absolute Gasteiger partial charge is 0.254 e. The summed E-state index contributed by atoms with van der Waals surface area (Å²) in [5.41, 5.74) is 7.59. The topological polar surface area (TPSA) is 38.8 Å². The molecule has 0 fully saturated rings. The number of rotatable bonds is 5. The van der Waals surface area contributed by atoms with Crippen LogP contribution in [-0.4, -0.2) is 24.5 Å². The Morgan fingerprint density at radius 1 is 0.968 bits per heavy atom. The van der Waals surface area contributed by atoms with Gasteiger partial charge in [0.25, 0.3) is 5.91 Å². The largest absolute Gasteiger partial charge is 0.496 e. The van der Waals surface area contributed by atoms with Crippen LogP contribution in [0.2, 0.25) is 0 Å². The van der Waals surface area contributed by atoms with E-state index in [0.717, 1.165) is 35.6 Å². The molecule has 0 radical (unpaired) electrons. The molecule has 31 heavy (non-hydrogen) atoms. The lowest BCUT2D eigenvalue weighted by Crippen LogP contribution is -2.36. The average molecular weight is 416 g/mol. The second-order valence-corrected chi connectivity index (χ2v) is 8.27. The fourth-order valence-electron chi connectivity index (χ4n) is 4.18. The maximum Gasteiger partial charge on any atom is 0.254 e. The molecule has 1 heterocycles. The van der Waals surface area contributed by atoms with Crippen molar-refractivity contribution in [3.8, 4) is 11.5 Å². The van der Waals surface area contributed by atoms with Crippen LogP contribution in [-0.2, 0) is 19.6 Å². The van der Waals surface area contributed by atoms with E-state index in [4.69, 9.17) is 9.47 Å². The summed E-state index contributed by atoms with van der Waals surface area (Å²) in [5, 5.41) is 0. The molecular weight excluding hydrogens is 386 g/mol. The molecule has 0 bridgehead atoms. The summed E-state index contributed by atoms with van der Waals surface area (Å²) in [4.78, 5) is 15.1. The number of amides is 1. The van der Waals surface area contributed by atoms with Gasteiger partial charge in [-0.15, -0.1) is 0 Å². The van der Waals surface area contributed by atoms with Gasteiger partial charge in [0.05, 0.1) is 7.11 Å². The van der Waals surface area contributed by atoms with Crippen molar-refractivity contribution in [2.45, 2.75) is 40.3 Å². The van der Waals surface area contributed by atoms with Gasteiger partial charge in [-0.1, -0.05) is 30.3 Å². The average Bonchev–Trinajstić information content (AvgIpc) is 2.79. The minimum atomic E-state index is 0.0426. The van der Waals surface area contributed by atoms with Gasteiger partial charge in [-0.05, 0) is 79.3 Å². The monoisotopic (exact) mass is 415 g/mol. The first-order valence-corrected chi connectivity index (χ1v) is 10.7. The molecule has 4 rings (SSSR count). The van der Waals surface area contributed by atoms with Crippen molar-refractivity contribution in [2.24, 2.45) is 0 Å². The molecule has 0 N–H and O–H groups in total. The van der Waals surface area contributed by atoms with Crippen LogP contribution in [0.3, 0.4) is 0 Å². The molecule has 1 amide bonds. The lowest BCUT2D eigenvalue weighted by molar-refractivity contribution is 0.0734. The zero-order valence-electron chi connectivity index (χ0n) is 18.7. The lowest BCUT2D eigenvalue weighted by Gasteiger charge is -2.29. The van der Waals surface area contributed by atoms with Crippen LogP contribution in [0.25, 0.3) is 0 Å². The van der Waals surface area contributed by atoms with Crippen molar-refractivity contribution in [2.75, 3.05) is 13.7 Å². The second-order valence-electron chi connectivity index (χ2n) is 8.27. The number of carbonyl (C=O) groups excluding carboxylic acids is 1. The molecule has 0 aromatic heterocycles. The number of hydrogen-bond donors (Lipinski definition) is 0. The van der Waals surface area contributed by atoms with Crippen molar-refractivity contribution in [3.05, 3.63) is 93.5 Å². The minimum absolute atomic E-state index is 0.0426. The van der Waals surface area contributed by atoms with Gasteiger partial charge in [0, 0.05) is 24.2 Å². The van der Waals surface area contributed by atoms with Gasteiger partial charge in [-0.2, -0.15) is 0 Å². The standard InChI is InChI=1S/C27H29NO3/c1-18-13-19(2)20(3)26(14-18)31-17-24-15-22(9-10-25(24)30-4)27(29)28-12-11-21-7-5-6-8-23(21)16-28/h5-10,13-15H,11-12,16-17H2,1-4H3. The van der Waals surface area contributed by atoms with E-state index in [1.165, 1.54) is 22.3 Å². The molecule has 160 valence electrons. The zero-order chi connectivity index (χ0) is 22.0. The summed E-state index contributed by atoms with van der Waals surface area (Å²) in [5.74, 6) is 1.63. The highest BCUT2D eigenvalue weighted by Crippen LogP contribution is 2.28. The Hall–Kier alpha value is -3.27. The SMILES string of the molecule is COc1ccc(C(=O)N2CCc3ccccc3C2)cc1COc1cc(C)cc(C)c1C. The van der Waals surface area contributed by atoms with Crippen molar-refractivity contribution in [1.82, 2.24) is 4.90 Å². The molecule has 0 aliphatic carbocycles. The van der Waals surface area contributed by atoms with Crippen molar-refractivity contribution >= 4 is 5.91 Å². The molecule has 4 nitrogen and oxygen atoms in total. The molecule has 3 aromatic carbocycles. The number of hydrogen-bond acceptors (Lipinski definition) is 3. The summed E-state index contributed by atoms with van der Waals surface area (Å²) >= 11 is 0. The maximum absolute atomic E-state index is 13.2. The van der Waals surface area contributed by atoms with Crippen molar-refractivity contribution < 1.29 is 14.3 Å². The van der Waals surface area contributed by atoms with Gasteiger partial charge >= 0.3 is 0 Å². The molecule has 0 saturated carbocycles. The number of aryl methyl sites for hydroxylation is 2. The van der Waals surface area contributed by atoms with Crippen molar-refractivity contribution in [1.29, 1.82) is 0 Å². The molecule has 0 unspecified atom stereocenters. The first-order chi connectivity index (χ1) is 15.0. The predicted molar refractivity (Wildman–Crippen MR) is 123 cm³/mol. The molecule has 1 aliphatic rings. The molecule has 0 atom stereocenters. The molecule has 4 heteroatoms. The van der Waals surface area contributed by atoms with Crippen molar-refractivity contribution in [3.63, 3.8) is 0 Å². The van der Waals surface area contributed by atoms with Crippen LogP contribution in [0.1, 0.15) is 43.7 Å². The zero-order valence-corrected chi connectivity index (χ0v) is 18.7. The highest BCUT2D eigenvalue weighted by atomic mass is 16.5. The maximum atomic E-state index is 13.2. The van der Waals surface area contributed by atoms with Crippen LogP contribution >= 0.6 is 0 Å². The predicted octanol–water partition coefficient (Wildman–Crippen LogP) is 5.40. The van der Waals surface area contributed by atoms with Crippen LogP contribution in [0, 0.1) is 20.8 Å². The Morgan fingerprint density at radius 2 is 1.74 bits per heavy atom. The first kappa shape index (κ1) is 21.0. The quantitative estimate of drug-likeness (QED) is 0.560. The van der Waals surface area contributed by atoms with Crippen LogP contribution in [0.4, 0.5) is 0 Å². The van der Waals surface area contributed by atoms with Crippen LogP contribution < -0.4 is 9.47 Å². The number of benzene rings is 3. The lowest BCUT2D eigenvalue weighted by atomic mass is 9.99. The number of nitrogens with zero attached hydrogens (tertiary/aromatic N) is 1. The van der Waals surface area contributed by atoms with Crippen LogP contribution in [0.5, 0.6) is 11.5 Å². The summed E-state index contributed by atoms with van der Waals surface area (Å²) < 4.78 is 11.7. The molecular formula is C27H29NO3. The third-order valence-electron chi connectivity index (χ3n) is 6.09. The van der Waals surface area contributed by atoms with E-state index >= 15 is 0 Å². The Morgan fingerprint density at radius 3 is 2.52 bits per heavy atom. The number of carbonyl (C=O) groups is 1. The van der Waals surface area contributed by atoms with Gasteiger partial charge in [0.2, 0.25) is 0 Å². The Kier molecular flexibility index (Phi) is 5.99. The third-order valence-corrected chi connectivity index (χ3v) is 6.09. The molecule has 3 aromatic rings. The minimum Gasteiger partial charge on any atom is -0.496 e. The second kappa shape index (κ2) is 8.84. The van der Waals surface area contributed by atoms with E-state index in [1.54, 1.807) is 7.11 Å². The summed E-state index contributed by atoms with van der Waals surface area (Å²) in [6, 6.07) is 18.1. The van der Waals surface area contributed by atoms with Gasteiger partial charge in [-0.3, -0.25) is 4.79 Å². The molecule has 1 aliphatic heterocycles. The normalized spacial score (nSPS) is 13.0. The van der Waals surface area contributed by atoms with E-state index in [2.05, 4.69) is 51.1 Å². The van der Waals surface area contributed by atoms with E-state index in [9.17, 15) is 4.79 Å². The molecule has 0 spiro atoms. The third kappa shape index (κ3) is 4.43. The Bertz CT molecular complexity index is 1120.